The Bertz CT molecular complexity index is 313. The van der Waals surface area contributed by atoms with Gasteiger partial charge in [-0.25, -0.2) is 9.37 Å². The van der Waals surface area contributed by atoms with Gasteiger partial charge < -0.3 is 10.6 Å². The number of halogens is 1. The van der Waals surface area contributed by atoms with Crippen molar-refractivity contribution in [1.29, 1.82) is 0 Å². The number of hydrogen-bond donors (Lipinski definition) is 2. The Kier molecular flexibility index (Phi) is 4.49. The molecule has 4 heteroatoms. The fourth-order valence-electron chi connectivity index (χ4n) is 1.34. The van der Waals surface area contributed by atoms with Gasteiger partial charge in [0.2, 0.25) is 0 Å². The number of nitrogens with one attached hydrogen (secondary N) is 2. The molecular formula is C11H18FN3. The molecule has 0 saturated heterocycles. The first-order chi connectivity index (χ1) is 7.13. The van der Waals surface area contributed by atoms with Crippen LogP contribution in [0.25, 0.3) is 0 Å². The van der Waals surface area contributed by atoms with Crippen LogP contribution in [0.4, 0.5) is 10.2 Å². The zero-order valence-corrected chi connectivity index (χ0v) is 9.47. The lowest BCUT2D eigenvalue weighted by atomic mass is 10.2. The van der Waals surface area contributed by atoms with E-state index >= 15 is 0 Å². The fraction of sp³-hybridized carbons (Fsp3) is 0.545. The van der Waals surface area contributed by atoms with E-state index in [9.17, 15) is 4.39 Å². The minimum atomic E-state index is -0.296. The molecule has 1 aromatic rings. The second-order valence-corrected chi connectivity index (χ2v) is 3.94. The van der Waals surface area contributed by atoms with Gasteiger partial charge >= 0.3 is 0 Å². The molecule has 0 radical (unpaired) electrons. The maximum absolute atomic E-state index is 13.0. The van der Waals surface area contributed by atoms with Crippen LogP contribution in [-0.2, 0) is 6.54 Å². The first-order valence-electron chi connectivity index (χ1n) is 5.16. The third kappa shape index (κ3) is 3.83. The van der Waals surface area contributed by atoms with Gasteiger partial charge in [0.05, 0.1) is 6.20 Å². The van der Waals surface area contributed by atoms with Crippen molar-refractivity contribution in [3.63, 3.8) is 0 Å². The minimum absolute atomic E-state index is 0.296. The lowest BCUT2D eigenvalue weighted by Crippen LogP contribution is -2.20. The van der Waals surface area contributed by atoms with Gasteiger partial charge in [-0.3, -0.25) is 0 Å². The van der Waals surface area contributed by atoms with Crippen molar-refractivity contribution in [3.05, 3.63) is 23.6 Å². The van der Waals surface area contributed by atoms with Gasteiger partial charge in [0.25, 0.3) is 0 Å². The Morgan fingerprint density at radius 3 is 2.80 bits per heavy atom. The molecule has 0 saturated carbocycles. The van der Waals surface area contributed by atoms with Crippen molar-refractivity contribution in [2.45, 2.75) is 20.4 Å². The van der Waals surface area contributed by atoms with Crippen LogP contribution in [-0.4, -0.2) is 18.6 Å². The van der Waals surface area contributed by atoms with Crippen LogP contribution in [0, 0.1) is 11.7 Å². The number of anilines is 1. The van der Waals surface area contributed by atoms with E-state index in [0.717, 1.165) is 17.9 Å². The average Bonchev–Trinajstić information content (AvgIpc) is 2.17. The summed E-state index contributed by atoms with van der Waals surface area (Å²) in [7, 11) is 1.78. The van der Waals surface area contributed by atoms with Crippen molar-refractivity contribution in [3.8, 4) is 0 Å². The SMILES string of the molecule is CNc1ncc(F)cc1CNCC(C)C. The van der Waals surface area contributed by atoms with Crippen LogP contribution in [0.1, 0.15) is 19.4 Å². The predicted molar refractivity (Wildman–Crippen MR) is 60.3 cm³/mol. The molecule has 0 aliphatic heterocycles. The zero-order valence-electron chi connectivity index (χ0n) is 9.47. The highest BCUT2D eigenvalue weighted by atomic mass is 19.1. The fourth-order valence-corrected chi connectivity index (χ4v) is 1.34. The molecule has 0 amide bonds. The summed E-state index contributed by atoms with van der Waals surface area (Å²) in [5, 5.41) is 6.20. The second kappa shape index (κ2) is 5.66. The van der Waals surface area contributed by atoms with Crippen LogP contribution in [0.2, 0.25) is 0 Å². The summed E-state index contributed by atoms with van der Waals surface area (Å²) >= 11 is 0. The first-order valence-corrected chi connectivity index (χ1v) is 5.16. The first kappa shape index (κ1) is 11.9. The Morgan fingerprint density at radius 1 is 1.47 bits per heavy atom. The normalized spacial score (nSPS) is 10.7. The molecule has 0 fully saturated rings. The van der Waals surface area contributed by atoms with Crippen molar-refractivity contribution in [2.24, 2.45) is 5.92 Å². The van der Waals surface area contributed by atoms with E-state index in [1.54, 1.807) is 7.05 Å². The summed E-state index contributed by atoms with van der Waals surface area (Å²) in [6, 6.07) is 1.51. The summed E-state index contributed by atoms with van der Waals surface area (Å²) in [5.74, 6) is 1.02. The molecule has 1 rings (SSSR count). The average molecular weight is 211 g/mol. The third-order valence-electron chi connectivity index (χ3n) is 2.04. The highest BCUT2D eigenvalue weighted by molar-refractivity contribution is 5.43. The van der Waals surface area contributed by atoms with Gasteiger partial charge in [0.15, 0.2) is 0 Å². The zero-order chi connectivity index (χ0) is 11.3. The van der Waals surface area contributed by atoms with Crippen molar-refractivity contribution < 1.29 is 4.39 Å². The molecule has 0 aliphatic rings. The number of nitrogens with zero attached hydrogens (tertiary/aromatic N) is 1. The highest BCUT2D eigenvalue weighted by Crippen LogP contribution is 2.12. The second-order valence-electron chi connectivity index (χ2n) is 3.94. The largest absolute Gasteiger partial charge is 0.373 e. The maximum Gasteiger partial charge on any atom is 0.141 e. The summed E-state index contributed by atoms with van der Waals surface area (Å²) in [6.07, 6.45) is 1.22. The monoisotopic (exact) mass is 211 g/mol. The van der Waals surface area contributed by atoms with Crippen LogP contribution >= 0.6 is 0 Å². The molecule has 2 N–H and O–H groups in total. The Morgan fingerprint density at radius 2 is 2.20 bits per heavy atom. The molecule has 84 valence electrons. The molecule has 0 spiro atoms. The predicted octanol–water partition coefficient (Wildman–Crippen LogP) is 2.01. The van der Waals surface area contributed by atoms with E-state index < -0.39 is 0 Å². The molecular weight excluding hydrogens is 193 g/mol. The van der Waals surface area contributed by atoms with Gasteiger partial charge in [-0.1, -0.05) is 13.8 Å². The van der Waals surface area contributed by atoms with Crippen LogP contribution in [0.5, 0.6) is 0 Å². The number of pyridine rings is 1. The van der Waals surface area contributed by atoms with Crippen molar-refractivity contribution >= 4 is 5.82 Å². The van der Waals surface area contributed by atoms with Gasteiger partial charge in [0, 0.05) is 19.2 Å². The van der Waals surface area contributed by atoms with E-state index in [0.29, 0.717) is 12.5 Å². The number of aromatic nitrogens is 1. The van der Waals surface area contributed by atoms with E-state index in [1.807, 2.05) is 0 Å². The Balaban J connectivity index is 2.62. The molecule has 15 heavy (non-hydrogen) atoms. The summed E-state index contributed by atoms with van der Waals surface area (Å²) in [5.41, 5.74) is 0.859. The van der Waals surface area contributed by atoms with Crippen LogP contribution in [0.3, 0.4) is 0 Å². The standard InChI is InChI=1S/C11H18FN3/c1-8(2)5-14-6-9-4-10(12)7-15-11(9)13-3/h4,7-8,14H,5-6H2,1-3H3,(H,13,15). The lowest BCUT2D eigenvalue weighted by molar-refractivity contribution is 0.549. The van der Waals surface area contributed by atoms with E-state index in [4.69, 9.17) is 0 Å². The van der Waals surface area contributed by atoms with Gasteiger partial charge in [-0.2, -0.15) is 0 Å². The highest BCUT2D eigenvalue weighted by Gasteiger charge is 2.04. The smallest absolute Gasteiger partial charge is 0.141 e. The summed E-state index contributed by atoms with van der Waals surface area (Å²) < 4.78 is 13.0. The Labute approximate surface area is 90.1 Å². The molecule has 0 aromatic carbocycles. The minimum Gasteiger partial charge on any atom is -0.373 e. The van der Waals surface area contributed by atoms with Gasteiger partial charge in [-0.15, -0.1) is 0 Å². The lowest BCUT2D eigenvalue weighted by Gasteiger charge is -2.10. The van der Waals surface area contributed by atoms with E-state index in [1.165, 1.54) is 12.3 Å². The summed E-state index contributed by atoms with van der Waals surface area (Å²) in [6.45, 7) is 5.82. The number of rotatable bonds is 5. The number of hydrogen-bond acceptors (Lipinski definition) is 3. The van der Waals surface area contributed by atoms with E-state index in [2.05, 4.69) is 29.5 Å². The molecule has 0 aliphatic carbocycles. The molecule has 0 bridgehead atoms. The molecule has 0 atom stereocenters. The van der Waals surface area contributed by atoms with E-state index in [-0.39, 0.29) is 5.82 Å². The van der Waals surface area contributed by atoms with Gasteiger partial charge in [0.1, 0.15) is 11.6 Å². The van der Waals surface area contributed by atoms with Crippen LogP contribution < -0.4 is 10.6 Å². The van der Waals surface area contributed by atoms with Gasteiger partial charge in [-0.05, 0) is 18.5 Å². The molecule has 3 nitrogen and oxygen atoms in total. The third-order valence-corrected chi connectivity index (χ3v) is 2.04. The summed E-state index contributed by atoms with van der Waals surface area (Å²) in [4.78, 5) is 3.97. The molecule has 1 heterocycles. The van der Waals surface area contributed by atoms with Crippen molar-refractivity contribution in [2.75, 3.05) is 18.9 Å². The molecule has 0 unspecified atom stereocenters. The maximum atomic E-state index is 13.0. The van der Waals surface area contributed by atoms with Crippen molar-refractivity contribution in [1.82, 2.24) is 10.3 Å². The molecule has 1 aromatic heterocycles. The topological polar surface area (TPSA) is 37.0 Å². The quantitative estimate of drug-likeness (QED) is 0.782. The van der Waals surface area contributed by atoms with Crippen LogP contribution in [0.15, 0.2) is 12.3 Å². The Hall–Kier alpha value is -1.16.